The number of rotatable bonds is 3. The van der Waals surface area contributed by atoms with E-state index >= 15 is 0 Å². The summed E-state index contributed by atoms with van der Waals surface area (Å²) in [6, 6.07) is 8.66. The van der Waals surface area contributed by atoms with Crippen molar-refractivity contribution in [3.05, 3.63) is 64.1 Å². The van der Waals surface area contributed by atoms with E-state index in [9.17, 15) is 18.4 Å². The molecule has 0 aliphatic carbocycles. The molecule has 2 heterocycles. The van der Waals surface area contributed by atoms with Crippen molar-refractivity contribution in [3.8, 4) is 5.75 Å². The Labute approximate surface area is 168 Å². The average Bonchev–Trinajstić information content (AvgIpc) is 2.97. The summed E-state index contributed by atoms with van der Waals surface area (Å²) in [5.74, 6) is -2.02. The van der Waals surface area contributed by atoms with E-state index in [-0.39, 0.29) is 25.0 Å². The van der Waals surface area contributed by atoms with Crippen molar-refractivity contribution in [2.24, 2.45) is 0 Å². The van der Waals surface area contributed by atoms with Crippen LogP contribution in [-0.4, -0.2) is 22.7 Å². The van der Waals surface area contributed by atoms with Gasteiger partial charge in [0, 0.05) is 0 Å². The first-order valence-corrected chi connectivity index (χ1v) is 9.39. The minimum Gasteiger partial charge on any atom is -0.482 e. The highest BCUT2D eigenvalue weighted by Gasteiger charge is 2.27. The van der Waals surface area contributed by atoms with Gasteiger partial charge < -0.3 is 15.0 Å². The Morgan fingerprint density at radius 1 is 1.18 bits per heavy atom. The average molecular weight is 418 g/mol. The van der Waals surface area contributed by atoms with E-state index in [2.05, 4.69) is 5.32 Å². The Balaban J connectivity index is 1.68. The molecule has 0 bridgehead atoms. The van der Waals surface area contributed by atoms with Gasteiger partial charge in [-0.2, -0.15) is 0 Å². The molecule has 0 aromatic heterocycles. The summed E-state index contributed by atoms with van der Waals surface area (Å²) in [5.41, 5.74) is 1.61. The molecule has 0 spiro atoms. The zero-order valence-electron chi connectivity index (χ0n) is 14.2. The van der Waals surface area contributed by atoms with Crippen molar-refractivity contribution < 1.29 is 23.1 Å². The third-order valence-electron chi connectivity index (χ3n) is 4.19. The molecular weight excluding hydrogens is 406 g/mol. The van der Waals surface area contributed by atoms with E-state index in [1.165, 1.54) is 11.0 Å². The van der Waals surface area contributed by atoms with Gasteiger partial charge in [-0.15, -0.1) is 0 Å². The van der Waals surface area contributed by atoms with E-state index in [4.69, 9.17) is 17.0 Å². The lowest BCUT2D eigenvalue weighted by atomic mass is 10.1. The Kier molecular flexibility index (Phi) is 4.86. The summed E-state index contributed by atoms with van der Waals surface area (Å²) in [5, 5.41) is 2.54. The first kappa shape index (κ1) is 18.6. The van der Waals surface area contributed by atoms with Crippen LogP contribution in [-0.2, 0) is 16.1 Å². The lowest BCUT2D eigenvalue weighted by Crippen LogP contribution is -2.38. The number of fused-ring (bicyclic) bond motifs is 1. The van der Waals surface area contributed by atoms with E-state index in [0.717, 1.165) is 23.9 Å². The van der Waals surface area contributed by atoms with Crippen LogP contribution in [0.25, 0.3) is 6.08 Å². The van der Waals surface area contributed by atoms with Crippen LogP contribution in [0.2, 0.25) is 0 Å². The van der Waals surface area contributed by atoms with Gasteiger partial charge in [0.05, 0.1) is 17.1 Å². The molecule has 1 N–H and O–H groups in total. The number of thiocarbonyl (C=S) groups is 1. The number of nitrogens with one attached hydrogen (secondary N) is 1. The molecule has 0 radical (unpaired) electrons. The van der Waals surface area contributed by atoms with Crippen molar-refractivity contribution in [1.82, 2.24) is 5.32 Å². The molecule has 0 unspecified atom stereocenters. The van der Waals surface area contributed by atoms with Crippen molar-refractivity contribution in [1.29, 1.82) is 0 Å². The second-order valence-electron chi connectivity index (χ2n) is 6.10. The molecule has 1 fully saturated rings. The smallest absolute Gasteiger partial charge is 0.265 e. The van der Waals surface area contributed by atoms with Crippen molar-refractivity contribution >= 4 is 51.9 Å². The number of carbonyl (C=O) groups excluding carboxylic acids is 2. The zero-order chi connectivity index (χ0) is 19.8. The summed E-state index contributed by atoms with van der Waals surface area (Å²) in [6.07, 6.45) is 1.66. The predicted molar refractivity (Wildman–Crippen MR) is 106 cm³/mol. The normalized spacial score (nSPS) is 17.6. The van der Waals surface area contributed by atoms with Gasteiger partial charge >= 0.3 is 0 Å². The number of anilines is 1. The Bertz CT molecular complexity index is 1060. The van der Waals surface area contributed by atoms with Gasteiger partial charge in [-0.1, -0.05) is 36.1 Å². The largest absolute Gasteiger partial charge is 0.482 e. The standard InChI is InChI=1S/C19H12F2N2O3S2/c20-12-3-1-11(5-13(12)21)8-23-14-6-10(2-4-15(14)26-9-17(23)24)7-16-18(25)22-19(27)28-16/h1-7H,8-9H2,(H,22,25,27). The third kappa shape index (κ3) is 3.63. The summed E-state index contributed by atoms with van der Waals surface area (Å²) in [6.45, 7) is -0.0879. The molecule has 2 aromatic rings. The summed E-state index contributed by atoms with van der Waals surface area (Å²) >= 11 is 6.13. The second-order valence-corrected chi connectivity index (χ2v) is 7.82. The van der Waals surface area contributed by atoms with E-state index in [1.54, 1.807) is 24.3 Å². The maximum Gasteiger partial charge on any atom is 0.265 e. The van der Waals surface area contributed by atoms with Gasteiger partial charge in [0.15, 0.2) is 18.2 Å². The molecular formula is C19H12F2N2O3S2. The SMILES string of the molecule is O=C1NC(=S)SC1=Cc1ccc2c(c1)N(Cc1ccc(F)c(F)c1)C(=O)CO2. The number of ether oxygens (including phenoxy) is 1. The van der Waals surface area contributed by atoms with Crippen LogP contribution in [0, 0.1) is 11.6 Å². The highest BCUT2D eigenvalue weighted by Crippen LogP contribution is 2.35. The van der Waals surface area contributed by atoms with Gasteiger partial charge in [0.25, 0.3) is 11.8 Å². The second kappa shape index (κ2) is 7.33. The molecule has 2 amide bonds. The van der Waals surface area contributed by atoms with Crippen LogP contribution in [0.1, 0.15) is 11.1 Å². The van der Waals surface area contributed by atoms with Gasteiger partial charge in [0.2, 0.25) is 0 Å². The molecule has 2 aliphatic rings. The van der Waals surface area contributed by atoms with Gasteiger partial charge in [-0.25, -0.2) is 8.78 Å². The Morgan fingerprint density at radius 3 is 2.71 bits per heavy atom. The highest BCUT2D eigenvalue weighted by atomic mass is 32.2. The quantitative estimate of drug-likeness (QED) is 0.612. The van der Waals surface area contributed by atoms with E-state index in [1.807, 2.05) is 0 Å². The van der Waals surface area contributed by atoms with Crippen molar-refractivity contribution in [2.75, 3.05) is 11.5 Å². The van der Waals surface area contributed by atoms with Crippen LogP contribution in [0.5, 0.6) is 5.75 Å². The lowest BCUT2D eigenvalue weighted by molar-refractivity contribution is -0.121. The zero-order valence-corrected chi connectivity index (χ0v) is 15.8. The van der Waals surface area contributed by atoms with Crippen LogP contribution >= 0.6 is 24.0 Å². The van der Waals surface area contributed by atoms with Gasteiger partial charge in [-0.3, -0.25) is 9.59 Å². The summed E-state index contributed by atoms with van der Waals surface area (Å²) in [4.78, 5) is 26.1. The fraction of sp³-hybridized carbons (Fsp3) is 0.105. The molecule has 142 valence electrons. The minimum atomic E-state index is -0.975. The summed E-state index contributed by atoms with van der Waals surface area (Å²) in [7, 11) is 0. The number of amides is 2. The first-order valence-electron chi connectivity index (χ1n) is 8.17. The molecule has 1 saturated heterocycles. The van der Waals surface area contributed by atoms with Crippen LogP contribution in [0.15, 0.2) is 41.3 Å². The fourth-order valence-electron chi connectivity index (χ4n) is 2.88. The first-order chi connectivity index (χ1) is 13.4. The fourth-order valence-corrected chi connectivity index (χ4v) is 3.92. The molecule has 0 atom stereocenters. The number of benzene rings is 2. The molecule has 2 aliphatic heterocycles. The molecule has 2 aromatic carbocycles. The van der Waals surface area contributed by atoms with Crippen molar-refractivity contribution in [2.45, 2.75) is 6.54 Å². The number of hydrogen-bond donors (Lipinski definition) is 1. The Morgan fingerprint density at radius 2 is 2.00 bits per heavy atom. The lowest BCUT2D eigenvalue weighted by Gasteiger charge is -2.29. The molecule has 0 saturated carbocycles. The van der Waals surface area contributed by atoms with Crippen LogP contribution in [0.4, 0.5) is 14.5 Å². The topological polar surface area (TPSA) is 58.6 Å². The number of hydrogen-bond acceptors (Lipinski definition) is 5. The molecule has 4 rings (SSSR count). The number of halogens is 2. The monoisotopic (exact) mass is 418 g/mol. The third-order valence-corrected chi connectivity index (χ3v) is 5.35. The van der Waals surface area contributed by atoms with Crippen molar-refractivity contribution in [3.63, 3.8) is 0 Å². The number of carbonyl (C=O) groups is 2. The van der Waals surface area contributed by atoms with Crippen LogP contribution in [0.3, 0.4) is 0 Å². The number of nitrogens with zero attached hydrogens (tertiary/aromatic N) is 1. The van der Waals surface area contributed by atoms with Gasteiger partial charge in [-0.05, 0) is 41.5 Å². The Hall–Kier alpha value is -2.78. The van der Waals surface area contributed by atoms with Crippen LogP contribution < -0.4 is 15.0 Å². The predicted octanol–water partition coefficient (Wildman–Crippen LogP) is 3.38. The maximum absolute atomic E-state index is 13.5. The van der Waals surface area contributed by atoms with Gasteiger partial charge in [0.1, 0.15) is 10.1 Å². The minimum absolute atomic E-state index is 0.0613. The number of thioether (sulfide) groups is 1. The molecule has 5 nitrogen and oxygen atoms in total. The molecule has 28 heavy (non-hydrogen) atoms. The van der Waals surface area contributed by atoms with E-state index in [0.29, 0.717) is 31.8 Å². The highest BCUT2D eigenvalue weighted by molar-refractivity contribution is 8.26. The summed E-state index contributed by atoms with van der Waals surface area (Å²) < 4.78 is 32.5. The maximum atomic E-state index is 13.5. The molecule has 9 heteroatoms. The van der Waals surface area contributed by atoms with E-state index < -0.39 is 11.6 Å².